The summed E-state index contributed by atoms with van der Waals surface area (Å²) in [7, 11) is 0. The van der Waals surface area contributed by atoms with Gasteiger partial charge in [-0.2, -0.15) is 0 Å². The van der Waals surface area contributed by atoms with Crippen molar-refractivity contribution in [1.82, 2.24) is 24.5 Å². The number of hydrogen-bond donors (Lipinski definition) is 0. The molecule has 1 aliphatic heterocycles. The lowest BCUT2D eigenvalue weighted by Crippen LogP contribution is -2.36. The van der Waals surface area contributed by atoms with Gasteiger partial charge in [0.05, 0.1) is 5.52 Å². The van der Waals surface area contributed by atoms with Gasteiger partial charge in [-0.15, -0.1) is 10.2 Å². The predicted octanol–water partition coefficient (Wildman–Crippen LogP) is 4.88. The number of carbonyl (C=O) groups is 1. The van der Waals surface area contributed by atoms with Gasteiger partial charge in [0.15, 0.2) is 11.5 Å². The summed E-state index contributed by atoms with van der Waals surface area (Å²) in [5.41, 5.74) is 3.01. The highest BCUT2D eigenvalue weighted by molar-refractivity contribution is 5.95. The summed E-state index contributed by atoms with van der Waals surface area (Å²) < 4.78 is 30.6. The third-order valence-corrected chi connectivity index (χ3v) is 6.75. The van der Waals surface area contributed by atoms with Crippen molar-refractivity contribution < 1.29 is 13.6 Å². The molecule has 5 aromatic rings. The number of anilines is 1. The Bertz CT molecular complexity index is 1630. The average Bonchev–Trinajstić information content (AvgIpc) is 3.20. The van der Waals surface area contributed by atoms with Crippen LogP contribution in [0.1, 0.15) is 22.3 Å². The van der Waals surface area contributed by atoms with E-state index in [4.69, 9.17) is 4.98 Å². The van der Waals surface area contributed by atoms with Gasteiger partial charge in [0.1, 0.15) is 17.2 Å². The number of para-hydroxylation sites is 1. The lowest BCUT2D eigenvalue weighted by molar-refractivity contribution is 0.0757. The van der Waals surface area contributed by atoms with Crippen molar-refractivity contribution in [3.8, 4) is 11.4 Å². The standard InChI is InChI=1S/C28H24F2N6O/c1-18-7-4-8-19(17-18)25-32-33-26-20-9-2-3-12-23(20)31-28(36(25)26)35-14-6-13-34(15-16-35)27(37)24-21(29)10-5-11-22(24)30/h2-5,7-12,17H,6,13-16H2,1H3. The Morgan fingerprint density at radius 1 is 0.865 bits per heavy atom. The Balaban J connectivity index is 1.41. The largest absolute Gasteiger partial charge is 0.340 e. The topological polar surface area (TPSA) is 66.6 Å². The normalized spacial score (nSPS) is 14.4. The molecule has 0 unspecified atom stereocenters. The Labute approximate surface area is 212 Å². The number of halogens is 2. The number of nitrogens with zero attached hydrogens (tertiary/aromatic N) is 6. The molecule has 2 aromatic heterocycles. The average molecular weight is 499 g/mol. The van der Waals surface area contributed by atoms with Crippen molar-refractivity contribution >= 4 is 28.4 Å². The highest BCUT2D eigenvalue weighted by atomic mass is 19.1. The summed E-state index contributed by atoms with van der Waals surface area (Å²) in [5.74, 6) is -0.995. The van der Waals surface area contributed by atoms with Crippen molar-refractivity contribution in [1.29, 1.82) is 0 Å². The van der Waals surface area contributed by atoms with E-state index in [0.717, 1.165) is 34.2 Å². The number of amides is 1. The van der Waals surface area contributed by atoms with E-state index >= 15 is 0 Å². The molecule has 3 aromatic carbocycles. The molecule has 0 saturated carbocycles. The lowest BCUT2D eigenvalue weighted by Gasteiger charge is -2.24. The number of aryl methyl sites for hydroxylation is 1. The summed E-state index contributed by atoms with van der Waals surface area (Å²) in [6.07, 6.45) is 0.611. The van der Waals surface area contributed by atoms with Gasteiger partial charge >= 0.3 is 0 Å². The summed E-state index contributed by atoms with van der Waals surface area (Å²) in [6.45, 7) is 3.75. The van der Waals surface area contributed by atoms with Crippen LogP contribution in [0.3, 0.4) is 0 Å². The van der Waals surface area contributed by atoms with E-state index in [0.29, 0.717) is 50.0 Å². The Morgan fingerprint density at radius 2 is 1.65 bits per heavy atom. The van der Waals surface area contributed by atoms with Crippen LogP contribution < -0.4 is 4.90 Å². The van der Waals surface area contributed by atoms with Gasteiger partial charge in [0, 0.05) is 37.1 Å². The molecule has 1 fully saturated rings. The first-order valence-corrected chi connectivity index (χ1v) is 12.2. The predicted molar refractivity (Wildman–Crippen MR) is 138 cm³/mol. The first-order chi connectivity index (χ1) is 18.0. The van der Waals surface area contributed by atoms with Gasteiger partial charge in [-0.1, -0.05) is 42.0 Å². The van der Waals surface area contributed by atoms with Crippen LogP contribution in [-0.4, -0.2) is 56.6 Å². The van der Waals surface area contributed by atoms with Crippen LogP contribution in [0.2, 0.25) is 0 Å². The fourth-order valence-electron chi connectivity index (χ4n) is 4.93. The maximum atomic E-state index is 14.3. The number of hydrogen-bond acceptors (Lipinski definition) is 5. The molecule has 6 rings (SSSR count). The molecule has 1 saturated heterocycles. The van der Waals surface area contributed by atoms with E-state index in [9.17, 15) is 13.6 Å². The minimum atomic E-state index is -0.851. The molecule has 0 atom stereocenters. The van der Waals surface area contributed by atoms with Crippen LogP contribution in [0.15, 0.2) is 66.7 Å². The van der Waals surface area contributed by atoms with Gasteiger partial charge in [-0.3, -0.25) is 4.79 Å². The second-order valence-corrected chi connectivity index (χ2v) is 9.21. The van der Waals surface area contributed by atoms with Crippen molar-refractivity contribution in [3.05, 3.63) is 89.5 Å². The third-order valence-electron chi connectivity index (χ3n) is 6.75. The van der Waals surface area contributed by atoms with Gasteiger partial charge in [-0.25, -0.2) is 18.2 Å². The molecule has 0 aliphatic carbocycles. The van der Waals surface area contributed by atoms with E-state index in [-0.39, 0.29) is 0 Å². The molecular formula is C28H24F2N6O. The molecule has 0 radical (unpaired) electrons. The number of aromatic nitrogens is 4. The molecule has 186 valence electrons. The summed E-state index contributed by atoms with van der Waals surface area (Å²) in [5, 5.41) is 9.96. The zero-order valence-electron chi connectivity index (χ0n) is 20.2. The maximum Gasteiger partial charge on any atom is 0.259 e. The fourth-order valence-corrected chi connectivity index (χ4v) is 4.93. The zero-order valence-corrected chi connectivity index (χ0v) is 20.2. The summed E-state index contributed by atoms with van der Waals surface area (Å²) in [6, 6.07) is 19.3. The molecule has 37 heavy (non-hydrogen) atoms. The van der Waals surface area contributed by atoms with E-state index in [1.165, 1.54) is 11.0 Å². The molecule has 0 spiro atoms. The Kier molecular flexibility index (Phi) is 5.75. The van der Waals surface area contributed by atoms with Crippen molar-refractivity contribution in [2.75, 3.05) is 31.1 Å². The lowest BCUT2D eigenvalue weighted by atomic mass is 10.1. The number of rotatable bonds is 3. The van der Waals surface area contributed by atoms with Gasteiger partial charge in [-0.05, 0) is 43.7 Å². The molecule has 0 bridgehead atoms. The van der Waals surface area contributed by atoms with Crippen LogP contribution in [0, 0.1) is 18.6 Å². The van der Waals surface area contributed by atoms with Crippen molar-refractivity contribution in [2.45, 2.75) is 13.3 Å². The second kappa shape index (κ2) is 9.24. The minimum Gasteiger partial charge on any atom is -0.340 e. The van der Waals surface area contributed by atoms with Crippen molar-refractivity contribution in [2.24, 2.45) is 0 Å². The van der Waals surface area contributed by atoms with E-state index < -0.39 is 23.1 Å². The molecule has 7 nitrogen and oxygen atoms in total. The molecule has 3 heterocycles. The van der Waals surface area contributed by atoms with Crippen LogP contribution in [0.25, 0.3) is 27.9 Å². The van der Waals surface area contributed by atoms with Crippen LogP contribution in [0.5, 0.6) is 0 Å². The minimum absolute atomic E-state index is 0.296. The first kappa shape index (κ1) is 23.0. The molecule has 0 N–H and O–H groups in total. The monoisotopic (exact) mass is 498 g/mol. The van der Waals surface area contributed by atoms with E-state index in [2.05, 4.69) is 21.2 Å². The molecule has 1 amide bonds. The van der Waals surface area contributed by atoms with Crippen LogP contribution in [0.4, 0.5) is 14.7 Å². The third kappa shape index (κ3) is 4.06. The number of fused-ring (bicyclic) bond motifs is 3. The van der Waals surface area contributed by atoms with E-state index in [1.807, 2.05) is 53.8 Å². The highest BCUT2D eigenvalue weighted by Gasteiger charge is 2.27. The molecule has 1 aliphatic rings. The van der Waals surface area contributed by atoms with Crippen LogP contribution >= 0.6 is 0 Å². The number of benzene rings is 3. The summed E-state index contributed by atoms with van der Waals surface area (Å²) in [4.78, 5) is 21.6. The molecular weight excluding hydrogens is 474 g/mol. The molecule has 9 heteroatoms. The Morgan fingerprint density at radius 3 is 2.46 bits per heavy atom. The fraction of sp³-hybridized carbons (Fsp3) is 0.214. The SMILES string of the molecule is Cc1cccc(-c2nnc3c4ccccc4nc(N4CCCN(C(=O)c5c(F)cccc5F)CC4)n23)c1. The number of carbonyl (C=O) groups excluding carboxylic acids is 1. The van der Waals surface area contributed by atoms with Gasteiger partial charge in [0.2, 0.25) is 5.95 Å². The van der Waals surface area contributed by atoms with E-state index in [1.54, 1.807) is 0 Å². The highest BCUT2D eigenvalue weighted by Crippen LogP contribution is 2.29. The second-order valence-electron chi connectivity index (χ2n) is 9.21. The van der Waals surface area contributed by atoms with Crippen LogP contribution in [-0.2, 0) is 0 Å². The smallest absolute Gasteiger partial charge is 0.259 e. The van der Waals surface area contributed by atoms with Gasteiger partial charge < -0.3 is 9.80 Å². The van der Waals surface area contributed by atoms with Gasteiger partial charge in [0.25, 0.3) is 5.91 Å². The van der Waals surface area contributed by atoms with Crippen molar-refractivity contribution in [3.63, 3.8) is 0 Å². The first-order valence-electron chi connectivity index (χ1n) is 12.2. The Hall–Kier alpha value is -4.40. The summed E-state index contributed by atoms with van der Waals surface area (Å²) >= 11 is 0. The zero-order chi connectivity index (χ0) is 25.5. The maximum absolute atomic E-state index is 14.3. The quantitative estimate of drug-likeness (QED) is 0.355.